The molecule has 2 rings (SSSR count). The summed E-state index contributed by atoms with van der Waals surface area (Å²) in [6, 6.07) is 4.34. The van der Waals surface area contributed by atoms with Crippen molar-refractivity contribution < 1.29 is 27.5 Å². The van der Waals surface area contributed by atoms with Crippen molar-refractivity contribution in [2.75, 3.05) is 16.8 Å². The summed E-state index contributed by atoms with van der Waals surface area (Å²) < 4.78 is 44.6. The highest BCUT2D eigenvalue weighted by Crippen LogP contribution is 2.36. The number of anilines is 2. The second kappa shape index (κ2) is 8.17. The van der Waals surface area contributed by atoms with E-state index >= 15 is 0 Å². The molecule has 9 heteroatoms. The van der Waals surface area contributed by atoms with Crippen molar-refractivity contribution in [3.05, 3.63) is 29.3 Å². The van der Waals surface area contributed by atoms with Gasteiger partial charge in [0, 0.05) is 17.5 Å². The standard InChI is InChI=1S/C19H18F3N3O3/c1-4-8-25-15-9-12(6-7-16(15)28-11(3)18(25)27)24-17(26)13(5-2)14(10-23)19(20,21)22/h1,6-7,9-11,23H,5,8H2,2-3H3,(H,24,26)/b14-13+,23-10?. The topological polar surface area (TPSA) is 82.5 Å². The predicted octanol–water partition coefficient (Wildman–Crippen LogP) is 3.29. The zero-order valence-electron chi connectivity index (χ0n) is 15.2. The number of hydrogen-bond acceptors (Lipinski definition) is 4. The van der Waals surface area contributed by atoms with E-state index in [9.17, 15) is 22.8 Å². The number of nitrogens with zero attached hydrogens (tertiary/aromatic N) is 1. The van der Waals surface area contributed by atoms with Crippen LogP contribution in [0.3, 0.4) is 0 Å². The number of halogens is 3. The van der Waals surface area contributed by atoms with Crippen molar-refractivity contribution in [2.45, 2.75) is 32.5 Å². The van der Waals surface area contributed by atoms with Crippen LogP contribution in [0.5, 0.6) is 5.75 Å². The second-order valence-electron chi connectivity index (χ2n) is 5.91. The number of rotatable bonds is 5. The zero-order chi connectivity index (χ0) is 21.1. The third-order valence-corrected chi connectivity index (χ3v) is 4.08. The lowest BCUT2D eigenvalue weighted by atomic mass is 10.0. The largest absolute Gasteiger partial charge is 0.479 e. The van der Waals surface area contributed by atoms with E-state index in [0.717, 1.165) is 0 Å². The lowest BCUT2D eigenvalue weighted by Crippen LogP contribution is -2.44. The number of hydrogen-bond donors (Lipinski definition) is 2. The Morgan fingerprint density at radius 2 is 2.14 bits per heavy atom. The summed E-state index contributed by atoms with van der Waals surface area (Å²) in [4.78, 5) is 25.9. The van der Waals surface area contributed by atoms with Gasteiger partial charge in [-0.05, 0) is 31.5 Å². The third-order valence-electron chi connectivity index (χ3n) is 4.08. The first-order valence-electron chi connectivity index (χ1n) is 8.31. The van der Waals surface area contributed by atoms with E-state index in [0.29, 0.717) is 11.4 Å². The van der Waals surface area contributed by atoms with E-state index in [1.807, 2.05) is 0 Å². The fraction of sp³-hybridized carbons (Fsp3) is 0.316. The van der Waals surface area contributed by atoms with Gasteiger partial charge in [0.05, 0.1) is 17.8 Å². The highest BCUT2D eigenvalue weighted by Gasteiger charge is 2.36. The lowest BCUT2D eigenvalue weighted by Gasteiger charge is -2.32. The molecule has 0 bridgehead atoms. The lowest BCUT2D eigenvalue weighted by molar-refractivity contribution is -0.125. The molecule has 1 aliphatic heterocycles. The number of amides is 2. The summed E-state index contributed by atoms with van der Waals surface area (Å²) in [5, 5.41) is 9.37. The van der Waals surface area contributed by atoms with Crippen LogP contribution in [-0.4, -0.2) is 36.9 Å². The molecule has 6 nitrogen and oxygen atoms in total. The number of carbonyl (C=O) groups excluding carboxylic acids is 2. The van der Waals surface area contributed by atoms with Crippen LogP contribution in [-0.2, 0) is 9.59 Å². The van der Waals surface area contributed by atoms with Gasteiger partial charge in [0.25, 0.3) is 11.8 Å². The number of benzene rings is 1. The highest BCUT2D eigenvalue weighted by atomic mass is 19.4. The molecule has 0 saturated heterocycles. The van der Waals surface area contributed by atoms with E-state index in [1.54, 1.807) is 6.92 Å². The number of alkyl halides is 3. The van der Waals surface area contributed by atoms with E-state index in [1.165, 1.54) is 30.0 Å². The van der Waals surface area contributed by atoms with E-state index in [4.69, 9.17) is 16.6 Å². The van der Waals surface area contributed by atoms with Gasteiger partial charge in [-0.15, -0.1) is 6.42 Å². The van der Waals surface area contributed by atoms with Crippen molar-refractivity contribution in [1.82, 2.24) is 0 Å². The molecule has 1 aliphatic rings. The maximum absolute atomic E-state index is 13.0. The molecule has 0 saturated carbocycles. The molecular weight excluding hydrogens is 375 g/mol. The Morgan fingerprint density at radius 3 is 2.68 bits per heavy atom. The summed E-state index contributed by atoms with van der Waals surface area (Å²) in [5.41, 5.74) is -1.41. The summed E-state index contributed by atoms with van der Waals surface area (Å²) >= 11 is 0. The number of terminal acetylenes is 1. The Morgan fingerprint density at radius 1 is 1.46 bits per heavy atom. The van der Waals surface area contributed by atoms with Crippen LogP contribution in [0, 0.1) is 17.8 Å². The maximum atomic E-state index is 13.0. The van der Waals surface area contributed by atoms with Crippen LogP contribution in [0.4, 0.5) is 24.5 Å². The van der Waals surface area contributed by atoms with Gasteiger partial charge in [-0.25, -0.2) is 0 Å². The monoisotopic (exact) mass is 393 g/mol. The summed E-state index contributed by atoms with van der Waals surface area (Å²) in [5.74, 6) is 1.37. The zero-order valence-corrected chi connectivity index (χ0v) is 15.2. The molecule has 1 heterocycles. The molecular formula is C19H18F3N3O3. The molecule has 28 heavy (non-hydrogen) atoms. The second-order valence-corrected chi connectivity index (χ2v) is 5.91. The predicted molar refractivity (Wildman–Crippen MR) is 98.5 cm³/mol. The Bertz CT molecular complexity index is 885. The van der Waals surface area contributed by atoms with Crippen LogP contribution in [0.1, 0.15) is 20.3 Å². The Hall–Kier alpha value is -3.28. The molecule has 2 amide bonds. The fourth-order valence-electron chi connectivity index (χ4n) is 2.76. The Labute approximate surface area is 159 Å². The first-order chi connectivity index (χ1) is 13.1. The van der Waals surface area contributed by atoms with Gasteiger partial charge >= 0.3 is 6.18 Å². The molecule has 1 atom stereocenters. The summed E-state index contributed by atoms with van der Waals surface area (Å²) in [7, 11) is 0. The number of ether oxygens (including phenoxy) is 1. The fourth-order valence-corrected chi connectivity index (χ4v) is 2.76. The smallest absolute Gasteiger partial charge is 0.418 e. The molecule has 2 N–H and O–H groups in total. The summed E-state index contributed by atoms with van der Waals surface area (Å²) in [6.07, 6.45) is -0.356. The minimum absolute atomic E-state index is 0.0247. The van der Waals surface area contributed by atoms with Crippen molar-refractivity contribution in [1.29, 1.82) is 5.41 Å². The van der Waals surface area contributed by atoms with E-state index in [2.05, 4.69) is 11.2 Å². The molecule has 0 fully saturated rings. The van der Waals surface area contributed by atoms with Gasteiger partial charge in [-0.3, -0.25) is 14.5 Å². The van der Waals surface area contributed by atoms with Crippen LogP contribution in [0.15, 0.2) is 29.3 Å². The molecule has 0 spiro atoms. The van der Waals surface area contributed by atoms with E-state index in [-0.39, 0.29) is 30.8 Å². The third kappa shape index (κ3) is 4.17. The van der Waals surface area contributed by atoms with Gasteiger partial charge in [-0.2, -0.15) is 13.2 Å². The quantitative estimate of drug-likeness (QED) is 0.458. The van der Waals surface area contributed by atoms with Crippen LogP contribution >= 0.6 is 0 Å². The normalized spacial score (nSPS) is 17.1. The van der Waals surface area contributed by atoms with Crippen molar-refractivity contribution >= 4 is 29.4 Å². The van der Waals surface area contributed by atoms with Crippen molar-refractivity contribution in [2.24, 2.45) is 0 Å². The van der Waals surface area contributed by atoms with Gasteiger partial charge in [0.2, 0.25) is 0 Å². The van der Waals surface area contributed by atoms with Gasteiger partial charge in [0.15, 0.2) is 6.10 Å². The van der Waals surface area contributed by atoms with Crippen molar-refractivity contribution in [3.8, 4) is 18.1 Å². The number of carbonyl (C=O) groups is 2. The maximum Gasteiger partial charge on any atom is 0.418 e. The molecule has 0 aliphatic carbocycles. The molecule has 1 aromatic rings. The Kier molecular flexibility index (Phi) is 6.13. The van der Waals surface area contributed by atoms with Crippen LogP contribution < -0.4 is 15.0 Å². The number of nitrogens with one attached hydrogen (secondary N) is 2. The molecule has 1 unspecified atom stereocenters. The van der Waals surface area contributed by atoms with Crippen LogP contribution in [0.25, 0.3) is 0 Å². The van der Waals surface area contributed by atoms with Gasteiger partial charge < -0.3 is 15.5 Å². The van der Waals surface area contributed by atoms with E-state index < -0.39 is 29.3 Å². The SMILES string of the molecule is C#CCN1C(=O)C(C)Oc2ccc(NC(=O)/C(CC)=C(\C=N)C(F)(F)F)cc21. The van der Waals surface area contributed by atoms with Crippen LogP contribution in [0.2, 0.25) is 0 Å². The highest BCUT2D eigenvalue weighted by molar-refractivity contribution is 6.08. The first kappa shape index (κ1) is 21.0. The minimum Gasteiger partial charge on any atom is -0.479 e. The van der Waals surface area contributed by atoms with Gasteiger partial charge in [-0.1, -0.05) is 12.8 Å². The average Bonchev–Trinajstić information content (AvgIpc) is 2.62. The number of allylic oxidation sites excluding steroid dienone is 1. The average molecular weight is 393 g/mol. The van der Waals surface area contributed by atoms with Crippen molar-refractivity contribution in [3.63, 3.8) is 0 Å². The number of fused-ring (bicyclic) bond motifs is 1. The molecule has 0 aromatic heterocycles. The summed E-state index contributed by atoms with van der Waals surface area (Å²) in [6.45, 7) is 2.93. The molecule has 0 radical (unpaired) electrons. The minimum atomic E-state index is -4.82. The molecule has 1 aromatic carbocycles. The Balaban J connectivity index is 2.39. The van der Waals surface area contributed by atoms with Gasteiger partial charge in [0.1, 0.15) is 5.75 Å². The first-order valence-corrected chi connectivity index (χ1v) is 8.31. The molecule has 148 valence electrons.